The summed E-state index contributed by atoms with van der Waals surface area (Å²) in [5.41, 5.74) is 5.34. The molecule has 0 spiro atoms. The van der Waals surface area contributed by atoms with Gasteiger partial charge in [-0.25, -0.2) is 17.5 Å². The van der Waals surface area contributed by atoms with E-state index in [-0.39, 0.29) is 29.2 Å². The number of nitrogens with two attached hydrogens (primary N) is 1. The van der Waals surface area contributed by atoms with E-state index in [1.165, 1.54) is 26.2 Å². The molecule has 3 N–H and O–H groups in total. The normalized spacial score (nSPS) is 14.2. The van der Waals surface area contributed by atoms with Gasteiger partial charge in [0.2, 0.25) is 5.09 Å². The molecule has 10 nitrogen and oxygen atoms in total. The van der Waals surface area contributed by atoms with Crippen molar-refractivity contribution in [1.29, 1.82) is 0 Å². The summed E-state index contributed by atoms with van der Waals surface area (Å²) in [7, 11) is -0.847. The van der Waals surface area contributed by atoms with Crippen molar-refractivity contribution in [2.75, 3.05) is 14.1 Å². The fraction of sp³-hybridized carbons (Fsp3) is 0.667. The summed E-state index contributed by atoms with van der Waals surface area (Å²) in [6.45, 7) is 9.13. The average Bonchev–Trinajstić information content (AvgIpc) is 3.01. The van der Waals surface area contributed by atoms with Gasteiger partial charge in [-0.1, -0.05) is 19.0 Å². The molecule has 1 aromatic rings. The van der Waals surface area contributed by atoms with E-state index in [9.17, 15) is 13.2 Å². The van der Waals surface area contributed by atoms with Crippen molar-refractivity contribution in [3.05, 3.63) is 17.9 Å². The van der Waals surface area contributed by atoms with Crippen LogP contribution in [0, 0.1) is 5.92 Å². The minimum atomic E-state index is -3.66. The molecule has 1 amide bonds. The lowest BCUT2D eigenvalue weighted by molar-refractivity contribution is 0.0511. The summed E-state index contributed by atoms with van der Waals surface area (Å²) < 4.78 is 35.6. The third-order valence-corrected chi connectivity index (χ3v) is 5.19. The van der Waals surface area contributed by atoms with Crippen LogP contribution < -0.4 is 11.1 Å². The molecule has 11 heteroatoms. The summed E-state index contributed by atoms with van der Waals surface area (Å²) in [6, 6.07) is 2.24. The van der Waals surface area contributed by atoms with Crippen molar-refractivity contribution in [2.45, 2.75) is 64.4 Å². The number of amidine groups is 1. The molecule has 0 aliphatic carbocycles. The van der Waals surface area contributed by atoms with Crippen LogP contribution in [0.3, 0.4) is 0 Å². The lowest BCUT2D eigenvalue weighted by atomic mass is 10.0. The highest BCUT2D eigenvalue weighted by Crippen LogP contribution is 2.17. The van der Waals surface area contributed by atoms with E-state index in [1.807, 2.05) is 13.8 Å². The van der Waals surface area contributed by atoms with Gasteiger partial charge >= 0.3 is 6.09 Å². The molecule has 0 radical (unpaired) electrons. The molecular formula is C18H32N4O6S. The lowest BCUT2D eigenvalue weighted by Gasteiger charge is -2.24. The molecule has 1 rings (SSSR count). The predicted molar refractivity (Wildman–Crippen MR) is 109 cm³/mol. The summed E-state index contributed by atoms with van der Waals surface area (Å²) in [5, 5.41) is 6.33. The van der Waals surface area contributed by atoms with Crippen LogP contribution >= 0.6 is 0 Å². The zero-order valence-electron chi connectivity index (χ0n) is 18.1. The Balaban J connectivity index is 2.77. The average molecular weight is 433 g/mol. The molecule has 0 aliphatic rings. The Labute approximate surface area is 172 Å². The first-order valence-corrected chi connectivity index (χ1v) is 10.6. The van der Waals surface area contributed by atoms with Gasteiger partial charge in [0.05, 0.1) is 6.04 Å². The first-order chi connectivity index (χ1) is 13.2. The molecule has 1 heterocycles. The van der Waals surface area contributed by atoms with E-state index in [2.05, 4.69) is 10.5 Å². The smallest absolute Gasteiger partial charge is 0.408 e. The van der Waals surface area contributed by atoms with Crippen molar-refractivity contribution in [3.8, 4) is 0 Å². The van der Waals surface area contributed by atoms with Gasteiger partial charge < -0.3 is 25.0 Å². The topological polar surface area (TPSA) is 136 Å². The van der Waals surface area contributed by atoms with E-state index in [1.54, 1.807) is 20.8 Å². The van der Waals surface area contributed by atoms with Gasteiger partial charge in [0.25, 0.3) is 10.0 Å². The van der Waals surface area contributed by atoms with Crippen LogP contribution in [-0.2, 0) is 26.2 Å². The molecule has 0 aliphatic heterocycles. The summed E-state index contributed by atoms with van der Waals surface area (Å²) in [5.74, 6) is 0.562. The predicted octanol–water partition coefficient (Wildman–Crippen LogP) is 2.26. The van der Waals surface area contributed by atoms with E-state index >= 15 is 0 Å². The Morgan fingerprint density at radius 3 is 2.45 bits per heavy atom. The highest BCUT2D eigenvalue weighted by atomic mass is 32.2. The number of furan rings is 1. The van der Waals surface area contributed by atoms with Crippen LogP contribution in [-0.4, -0.2) is 50.4 Å². The van der Waals surface area contributed by atoms with Crippen molar-refractivity contribution in [2.24, 2.45) is 16.8 Å². The largest absolute Gasteiger partial charge is 0.444 e. The number of oxime groups is 1. The van der Waals surface area contributed by atoms with E-state index in [0.29, 0.717) is 6.42 Å². The number of sulfonamides is 1. The maximum absolute atomic E-state index is 12.0. The molecule has 1 unspecified atom stereocenters. The first kappa shape index (κ1) is 24.8. The molecule has 0 saturated carbocycles. The zero-order chi connectivity index (χ0) is 22.4. The molecule has 1 atom stereocenters. The number of rotatable bonds is 9. The van der Waals surface area contributed by atoms with Crippen LogP contribution in [0.4, 0.5) is 4.79 Å². The van der Waals surface area contributed by atoms with Gasteiger partial charge in [-0.3, -0.25) is 0 Å². The molecule has 1 aromatic heterocycles. The molecule has 0 aromatic carbocycles. The Kier molecular flexibility index (Phi) is 8.51. The van der Waals surface area contributed by atoms with Crippen molar-refractivity contribution in [3.63, 3.8) is 0 Å². The number of alkyl carbamates (subject to hydrolysis) is 1. The summed E-state index contributed by atoms with van der Waals surface area (Å²) >= 11 is 0. The maximum Gasteiger partial charge on any atom is 0.408 e. The van der Waals surface area contributed by atoms with E-state index in [4.69, 9.17) is 19.7 Å². The van der Waals surface area contributed by atoms with Gasteiger partial charge in [-0.05, 0) is 45.2 Å². The van der Waals surface area contributed by atoms with Crippen molar-refractivity contribution in [1.82, 2.24) is 9.62 Å². The van der Waals surface area contributed by atoms with Gasteiger partial charge in [0, 0.05) is 14.1 Å². The second-order valence-electron chi connectivity index (χ2n) is 8.13. The summed E-state index contributed by atoms with van der Waals surface area (Å²) in [6.07, 6.45) is -0.0740. The van der Waals surface area contributed by atoms with Crippen LogP contribution in [0.5, 0.6) is 0 Å². The van der Waals surface area contributed by atoms with Crippen LogP contribution in [0.1, 0.15) is 46.8 Å². The molecular weight excluding hydrogens is 400 g/mol. The second-order valence-corrected chi connectivity index (χ2v) is 10.2. The molecule has 166 valence electrons. The van der Waals surface area contributed by atoms with Gasteiger partial charge in [-0.2, -0.15) is 0 Å². The SMILES string of the molecule is CC(C)CC(NC(=O)OC(C)(C)C)/C(N)=N/OCc1ccc(S(=O)(=O)N(C)C)o1. The number of ether oxygens (including phenoxy) is 1. The number of amides is 1. The standard InChI is InChI=1S/C18H32N4O6S/c1-12(2)10-14(20-17(23)28-18(3,4)5)16(19)21-26-11-13-8-9-15(27-13)29(24,25)22(6)7/h8-9,12,14H,10-11H2,1-7H3,(H2,19,21)(H,20,23). The monoisotopic (exact) mass is 432 g/mol. The maximum atomic E-state index is 12.0. The summed E-state index contributed by atoms with van der Waals surface area (Å²) in [4.78, 5) is 17.2. The van der Waals surface area contributed by atoms with E-state index < -0.39 is 27.8 Å². The third kappa shape index (κ3) is 8.32. The quantitative estimate of drug-likeness (QED) is 0.347. The highest BCUT2D eigenvalue weighted by Gasteiger charge is 2.24. The van der Waals surface area contributed by atoms with Crippen molar-refractivity contribution >= 4 is 22.0 Å². The van der Waals surface area contributed by atoms with Crippen LogP contribution in [0.2, 0.25) is 0 Å². The Hall–Kier alpha value is -2.27. The number of carbonyl (C=O) groups excluding carboxylic acids is 1. The molecule has 0 fully saturated rings. The second kappa shape index (κ2) is 9.97. The number of carbonyl (C=O) groups is 1. The van der Waals surface area contributed by atoms with Gasteiger partial charge in [-0.15, -0.1) is 0 Å². The fourth-order valence-electron chi connectivity index (χ4n) is 2.16. The first-order valence-electron chi connectivity index (χ1n) is 9.18. The highest BCUT2D eigenvalue weighted by molar-refractivity contribution is 7.88. The number of hydrogen-bond donors (Lipinski definition) is 2. The number of nitrogens with zero attached hydrogens (tertiary/aromatic N) is 2. The molecule has 0 saturated heterocycles. The van der Waals surface area contributed by atoms with Gasteiger partial charge in [0.1, 0.15) is 11.4 Å². The zero-order valence-corrected chi connectivity index (χ0v) is 18.9. The van der Waals surface area contributed by atoms with Crippen molar-refractivity contribution < 1.29 is 27.2 Å². The molecule has 0 bridgehead atoms. The number of nitrogens with one attached hydrogen (secondary N) is 1. The molecule has 29 heavy (non-hydrogen) atoms. The Morgan fingerprint density at radius 1 is 1.31 bits per heavy atom. The van der Waals surface area contributed by atoms with Gasteiger partial charge in [0.15, 0.2) is 12.4 Å². The lowest BCUT2D eigenvalue weighted by Crippen LogP contribution is -2.47. The fourth-order valence-corrected chi connectivity index (χ4v) is 2.98. The van der Waals surface area contributed by atoms with Crippen LogP contribution in [0.15, 0.2) is 26.8 Å². The van der Waals surface area contributed by atoms with E-state index in [0.717, 1.165) is 4.31 Å². The minimum absolute atomic E-state index is 0.0669. The number of hydrogen-bond acceptors (Lipinski definition) is 7. The minimum Gasteiger partial charge on any atom is -0.444 e. The Morgan fingerprint density at radius 2 is 1.93 bits per heavy atom. The Bertz CT molecular complexity index is 809. The van der Waals surface area contributed by atoms with Crippen LogP contribution in [0.25, 0.3) is 0 Å². The third-order valence-electron chi connectivity index (χ3n) is 3.50.